The molecular weight excluding hydrogens is 430 g/mol. The number of rotatable bonds is 5. The number of non-ortho nitro benzene ring substituents is 1. The lowest BCUT2D eigenvalue weighted by atomic mass is 9.95. The van der Waals surface area contributed by atoms with Crippen LogP contribution in [-0.2, 0) is 9.53 Å². The lowest BCUT2D eigenvalue weighted by molar-refractivity contribution is -0.384. The largest absolute Gasteiger partial charge is 0.463 e. The number of benzene rings is 2. The van der Waals surface area contributed by atoms with Crippen molar-refractivity contribution in [2.75, 3.05) is 6.61 Å². The van der Waals surface area contributed by atoms with Crippen molar-refractivity contribution in [1.29, 1.82) is 0 Å². The Morgan fingerprint density at radius 2 is 2.00 bits per heavy atom. The minimum absolute atomic E-state index is 0.133. The van der Waals surface area contributed by atoms with Crippen molar-refractivity contribution in [1.82, 2.24) is 4.57 Å². The van der Waals surface area contributed by atoms with Crippen molar-refractivity contribution in [2.24, 2.45) is 4.99 Å². The van der Waals surface area contributed by atoms with Crippen LogP contribution in [0.2, 0.25) is 0 Å². The van der Waals surface area contributed by atoms with Gasteiger partial charge in [-0.2, -0.15) is 0 Å². The summed E-state index contributed by atoms with van der Waals surface area (Å²) in [5.74, 6) is -0.609. The van der Waals surface area contributed by atoms with Crippen LogP contribution in [0.25, 0.3) is 6.08 Å². The molecule has 0 saturated heterocycles. The van der Waals surface area contributed by atoms with E-state index in [9.17, 15) is 19.7 Å². The van der Waals surface area contributed by atoms with E-state index >= 15 is 0 Å². The van der Waals surface area contributed by atoms with Gasteiger partial charge in [0.25, 0.3) is 11.2 Å². The van der Waals surface area contributed by atoms with Gasteiger partial charge in [-0.05, 0) is 31.1 Å². The van der Waals surface area contributed by atoms with Crippen LogP contribution in [-0.4, -0.2) is 22.1 Å². The molecule has 2 aromatic carbocycles. The van der Waals surface area contributed by atoms with E-state index < -0.39 is 16.9 Å². The normalized spacial score (nSPS) is 15.8. The summed E-state index contributed by atoms with van der Waals surface area (Å²) in [6.45, 7) is 3.51. The maximum absolute atomic E-state index is 13.4. The van der Waals surface area contributed by atoms with Crippen molar-refractivity contribution in [3.63, 3.8) is 0 Å². The van der Waals surface area contributed by atoms with Crippen molar-refractivity contribution in [2.45, 2.75) is 19.9 Å². The van der Waals surface area contributed by atoms with Crippen LogP contribution in [0.1, 0.15) is 31.0 Å². The zero-order valence-electron chi connectivity index (χ0n) is 17.3. The third kappa shape index (κ3) is 3.90. The Balaban J connectivity index is 1.98. The molecule has 8 nitrogen and oxygen atoms in total. The number of thiazole rings is 1. The zero-order valence-corrected chi connectivity index (χ0v) is 18.2. The molecule has 162 valence electrons. The molecule has 0 bridgehead atoms. The van der Waals surface area contributed by atoms with Gasteiger partial charge in [-0.3, -0.25) is 19.5 Å². The van der Waals surface area contributed by atoms with E-state index in [2.05, 4.69) is 4.99 Å². The van der Waals surface area contributed by atoms with Crippen LogP contribution in [0.4, 0.5) is 5.69 Å². The molecule has 0 spiro atoms. The second-order valence-corrected chi connectivity index (χ2v) is 8.07. The number of hydrogen-bond acceptors (Lipinski definition) is 7. The van der Waals surface area contributed by atoms with Crippen molar-refractivity contribution in [3.05, 3.63) is 107 Å². The second kappa shape index (κ2) is 8.72. The fraction of sp³-hybridized carbons (Fsp3) is 0.174. The first-order valence-electron chi connectivity index (χ1n) is 9.89. The molecule has 1 aliphatic heterocycles. The molecule has 0 saturated carbocycles. The number of nitro groups is 1. The summed E-state index contributed by atoms with van der Waals surface area (Å²) >= 11 is 1.20. The van der Waals surface area contributed by atoms with E-state index in [0.29, 0.717) is 20.6 Å². The molecule has 0 fully saturated rings. The number of esters is 1. The summed E-state index contributed by atoms with van der Waals surface area (Å²) < 4.78 is 7.09. The molecule has 0 aliphatic carbocycles. The maximum Gasteiger partial charge on any atom is 0.338 e. The molecular formula is C23H19N3O5S. The van der Waals surface area contributed by atoms with Crippen molar-refractivity contribution >= 4 is 29.1 Å². The average molecular weight is 449 g/mol. The molecule has 0 amide bonds. The molecule has 1 unspecified atom stereocenters. The monoisotopic (exact) mass is 449 g/mol. The van der Waals surface area contributed by atoms with Gasteiger partial charge in [-0.1, -0.05) is 53.8 Å². The number of carbonyl (C=O) groups is 1. The number of nitro benzene ring substituents is 1. The topological polar surface area (TPSA) is 104 Å². The lowest BCUT2D eigenvalue weighted by Crippen LogP contribution is -2.39. The van der Waals surface area contributed by atoms with Crippen molar-refractivity contribution in [3.8, 4) is 0 Å². The third-order valence-corrected chi connectivity index (χ3v) is 5.99. The maximum atomic E-state index is 13.4. The first-order valence-corrected chi connectivity index (χ1v) is 10.7. The fourth-order valence-electron chi connectivity index (χ4n) is 3.62. The van der Waals surface area contributed by atoms with Crippen LogP contribution in [0.3, 0.4) is 0 Å². The number of allylic oxidation sites excluding steroid dienone is 1. The van der Waals surface area contributed by atoms with Crippen LogP contribution >= 0.6 is 11.3 Å². The number of fused-ring (bicyclic) bond motifs is 1. The molecule has 0 N–H and O–H groups in total. The summed E-state index contributed by atoms with van der Waals surface area (Å²) in [6, 6.07) is 14.4. The molecule has 2 heterocycles. The number of ether oxygens (including phenoxy) is 1. The molecule has 1 aliphatic rings. The second-order valence-electron chi connectivity index (χ2n) is 7.07. The molecule has 32 heavy (non-hydrogen) atoms. The lowest BCUT2D eigenvalue weighted by Gasteiger charge is -2.24. The molecule has 1 atom stereocenters. The van der Waals surface area contributed by atoms with Crippen LogP contribution in [0.5, 0.6) is 0 Å². The van der Waals surface area contributed by atoms with Gasteiger partial charge in [0.2, 0.25) is 0 Å². The van der Waals surface area contributed by atoms with Gasteiger partial charge < -0.3 is 4.74 Å². The van der Waals surface area contributed by atoms with Gasteiger partial charge in [0, 0.05) is 12.1 Å². The molecule has 4 rings (SSSR count). The Bertz CT molecular complexity index is 1420. The first-order chi connectivity index (χ1) is 15.4. The molecule has 9 heteroatoms. The Morgan fingerprint density at radius 3 is 2.69 bits per heavy atom. The highest BCUT2D eigenvalue weighted by Crippen LogP contribution is 2.32. The molecule has 1 aromatic heterocycles. The Morgan fingerprint density at radius 1 is 1.25 bits per heavy atom. The summed E-state index contributed by atoms with van der Waals surface area (Å²) in [5.41, 5.74) is 1.42. The van der Waals surface area contributed by atoms with Crippen LogP contribution in [0, 0.1) is 10.1 Å². The number of nitrogens with zero attached hydrogens (tertiary/aromatic N) is 3. The summed E-state index contributed by atoms with van der Waals surface area (Å²) in [5, 5.41) is 11.3. The summed E-state index contributed by atoms with van der Waals surface area (Å²) in [7, 11) is 0. The van der Waals surface area contributed by atoms with Crippen LogP contribution < -0.4 is 14.9 Å². The Hall–Kier alpha value is -3.85. The van der Waals surface area contributed by atoms with Crippen molar-refractivity contribution < 1.29 is 14.5 Å². The minimum Gasteiger partial charge on any atom is -0.463 e. The minimum atomic E-state index is -0.886. The van der Waals surface area contributed by atoms with Crippen LogP contribution in [0.15, 0.2) is 75.7 Å². The van der Waals surface area contributed by atoms with Gasteiger partial charge in [0.1, 0.15) is 0 Å². The first kappa shape index (κ1) is 21.4. The number of carbonyl (C=O) groups excluding carboxylic acids is 1. The van der Waals surface area contributed by atoms with E-state index in [4.69, 9.17) is 4.74 Å². The van der Waals surface area contributed by atoms with Gasteiger partial charge in [-0.15, -0.1) is 0 Å². The predicted molar refractivity (Wildman–Crippen MR) is 120 cm³/mol. The number of hydrogen-bond donors (Lipinski definition) is 0. The third-order valence-electron chi connectivity index (χ3n) is 5.01. The molecule has 0 radical (unpaired) electrons. The number of aromatic nitrogens is 1. The standard InChI is InChI=1S/C23H19N3O5S/c1-3-31-22(28)19-14(2)24-23-25(20(19)16-10-7-11-17(13-16)26(29)30)21(27)18(32-23)12-15-8-5-4-6-9-15/h4-13,20H,3H2,1-2H3/b18-12-. The highest BCUT2D eigenvalue weighted by Gasteiger charge is 2.34. The van der Waals surface area contributed by atoms with Gasteiger partial charge in [0.15, 0.2) is 4.80 Å². The van der Waals surface area contributed by atoms with E-state index in [1.54, 1.807) is 26.0 Å². The van der Waals surface area contributed by atoms with Gasteiger partial charge in [0.05, 0.1) is 33.4 Å². The summed E-state index contributed by atoms with van der Waals surface area (Å²) in [4.78, 5) is 42.0. The Labute approximate surface area is 186 Å². The quantitative estimate of drug-likeness (QED) is 0.338. The van der Waals surface area contributed by atoms with Gasteiger partial charge >= 0.3 is 5.97 Å². The Kier molecular flexibility index (Phi) is 5.83. The SMILES string of the molecule is CCOC(=O)C1=C(C)N=c2s/c(=C\c3ccccc3)c(=O)n2C1c1cccc([N+](=O)[O-])c1. The van der Waals surface area contributed by atoms with Gasteiger partial charge in [-0.25, -0.2) is 9.79 Å². The zero-order chi connectivity index (χ0) is 22.8. The van der Waals surface area contributed by atoms with E-state index in [-0.39, 0.29) is 23.4 Å². The predicted octanol–water partition coefficient (Wildman–Crippen LogP) is 2.71. The average Bonchev–Trinajstić information content (AvgIpc) is 3.08. The fourth-order valence-corrected chi connectivity index (χ4v) is 4.66. The van der Waals surface area contributed by atoms with E-state index in [0.717, 1.165) is 5.56 Å². The van der Waals surface area contributed by atoms with E-state index in [1.807, 2.05) is 30.3 Å². The summed E-state index contributed by atoms with van der Waals surface area (Å²) in [6.07, 6.45) is 1.76. The highest BCUT2D eigenvalue weighted by atomic mass is 32.1. The van der Waals surface area contributed by atoms with E-state index in [1.165, 1.54) is 34.1 Å². The highest BCUT2D eigenvalue weighted by molar-refractivity contribution is 7.07. The molecule has 3 aromatic rings. The smallest absolute Gasteiger partial charge is 0.338 e.